The Hall–Kier alpha value is -3.33. The summed E-state index contributed by atoms with van der Waals surface area (Å²) in [5.74, 6) is 4.79. The number of nitrogens with two attached hydrogens (primary N) is 2. The number of ether oxygens (including phenoxy) is 1. The van der Waals surface area contributed by atoms with Gasteiger partial charge in [-0.25, -0.2) is 9.37 Å². The third kappa shape index (κ3) is 4.80. The molecule has 8 nitrogen and oxygen atoms in total. The normalized spacial score (nSPS) is 15.2. The maximum atomic E-state index is 14.8. The number of nitrogens with zero attached hydrogens (tertiary/aromatic N) is 4. The van der Waals surface area contributed by atoms with Crippen LogP contribution in [0.5, 0.6) is 0 Å². The zero-order valence-electron chi connectivity index (χ0n) is 17.0. The number of aromatic nitrogens is 1. The van der Waals surface area contributed by atoms with Crippen LogP contribution in [0, 0.1) is 5.82 Å². The maximum Gasteiger partial charge on any atom is 0.256 e. The summed E-state index contributed by atoms with van der Waals surface area (Å²) in [6, 6.07) is 6.25. The number of halogens is 1. The second-order valence-electron chi connectivity index (χ2n) is 7.14. The van der Waals surface area contributed by atoms with Gasteiger partial charge in [0, 0.05) is 42.7 Å². The molecule has 0 bridgehead atoms. The van der Waals surface area contributed by atoms with Gasteiger partial charge in [0.05, 0.1) is 18.8 Å². The molecule has 0 unspecified atom stereocenters. The molecule has 1 fully saturated rings. The van der Waals surface area contributed by atoms with Gasteiger partial charge in [0.25, 0.3) is 5.91 Å². The highest BCUT2D eigenvalue weighted by molar-refractivity contribution is 6.39. The zero-order valence-corrected chi connectivity index (χ0v) is 17.0. The third-order valence-electron chi connectivity index (χ3n) is 4.66. The molecule has 2 aromatic rings. The van der Waals surface area contributed by atoms with Crippen LogP contribution in [0.4, 0.5) is 10.2 Å². The van der Waals surface area contributed by atoms with Crippen LogP contribution in [0.3, 0.4) is 0 Å². The zero-order chi connectivity index (χ0) is 21.7. The number of aliphatic imine (C=N–C) groups is 1. The Bertz CT molecular complexity index is 983. The SMILES string of the molecule is CC(C)N=CC(=NN)c1cc(-c2ccc(C(=O)N3CCOCC3)c(F)c2)cnc1N. The summed E-state index contributed by atoms with van der Waals surface area (Å²) < 4.78 is 20.0. The van der Waals surface area contributed by atoms with Gasteiger partial charge in [-0.1, -0.05) is 6.07 Å². The minimum absolute atomic E-state index is 0.0255. The van der Waals surface area contributed by atoms with Gasteiger partial charge in [-0.15, -0.1) is 0 Å². The Labute approximate surface area is 174 Å². The maximum absolute atomic E-state index is 14.8. The Kier molecular flexibility index (Phi) is 6.73. The van der Waals surface area contributed by atoms with Gasteiger partial charge in [-0.2, -0.15) is 5.10 Å². The second-order valence-corrected chi connectivity index (χ2v) is 7.14. The van der Waals surface area contributed by atoms with Gasteiger partial charge in [-0.3, -0.25) is 9.79 Å². The molecule has 9 heteroatoms. The van der Waals surface area contributed by atoms with Crippen molar-refractivity contribution in [1.29, 1.82) is 0 Å². The number of anilines is 1. The molecule has 3 rings (SSSR count). The molecule has 1 aromatic heterocycles. The molecule has 158 valence electrons. The number of rotatable bonds is 5. The van der Waals surface area contributed by atoms with Crippen LogP contribution in [-0.2, 0) is 4.74 Å². The number of carbonyl (C=O) groups excluding carboxylic acids is 1. The highest BCUT2D eigenvalue weighted by Gasteiger charge is 2.22. The lowest BCUT2D eigenvalue weighted by Crippen LogP contribution is -2.41. The van der Waals surface area contributed by atoms with E-state index < -0.39 is 5.82 Å². The van der Waals surface area contributed by atoms with E-state index in [1.807, 2.05) is 13.8 Å². The van der Waals surface area contributed by atoms with Gasteiger partial charge in [-0.05, 0) is 37.6 Å². The van der Waals surface area contributed by atoms with E-state index in [4.69, 9.17) is 16.3 Å². The van der Waals surface area contributed by atoms with Crippen molar-refractivity contribution in [3.63, 3.8) is 0 Å². The van der Waals surface area contributed by atoms with Crippen molar-refractivity contribution < 1.29 is 13.9 Å². The molecule has 4 N–H and O–H groups in total. The third-order valence-corrected chi connectivity index (χ3v) is 4.66. The fourth-order valence-electron chi connectivity index (χ4n) is 3.04. The Morgan fingerprint density at radius 3 is 2.60 bits per heavy atom. The average molecular weight is 412 g/mol. The Morgan fingerprint density at radius 1 is 1.23 bits per heavy atom. The minimum atomic E-state index is -0.601. The van der Waals surface area contributed by atoms with Gasteiger partial charge in [0.15, 0.2) is 0 Å². The standard InChI is InChI=1S/C21H25FN6O2/c1-13(2)25-12-19(27-24)17-9-15(11-26-20(17)23)14-3-4-16(18(22)10-14)21(29)28-5-7-30-8-6-28/h3-4,9-13H,5-8,24H2,1-2H3,(H2,23,26). The molecule has 0 saturated carbocycles. The molecule has 2 heterocycles. The van der Waals surface area contributed by atoms with Crippen molar-refractivity contribution in [2.24, 2.45) is 15.9 Å². The molecule has 0 aliphatic carbocycles. The first-order valence-corrected chi connectivity index (χ1v) is 9.64. The van der Waals surface area contributed by atoms with Gasteiger partial charge < -0.3 is 21.2 Å². The highest BCUT2D eigenvalue weighted by atomic mass is 19.1. The molecule has 1 amide bonds. The predicted octanol–water partition coefficient (Wildman–Crippen LogP) is 2.08. The van der Waals surface area contributed by atoms with Crippen molar-refractivity contribution in [1.82, 2.24) is 9.88 Å². The molecule has 0 spiro atoms. The van der Waals surface area contributed by atoms with Gasteiger partial charge in [0.1, 0.15) is 17.3 Å². The number of amides is 1. The quantitative estimate of drug-likeness (QED) is 0.443. The highest BCUT2D eigenvalue weighted by Crippen LogP contribution is 2.25. The molecular formula is C21H25FN6O2. The van der Waals surface area contributed by atoms with Crippen molar-refractivity contribution in [2.75, 3.05) is 32.0 Å². The summed E-state index contributed by atoms with van der Waals surface area (Å²) in [7, 11) is 0. The van der Waals surface area contributed by atoms with E-state index in [1.54, 1.807) is 17.0 Å². The van der Waals surface area contributed by atoms with Crippen LogP contribution in [0.15, 0.2) is 40.6 Å². The molecule has 30 heavy (non-hydrogen) atoms. The molecule has 1 aliphatic heterocycles. The topological polar surface area (TPSA) is 119 Å². The fraction of sp³-hybridized carbons (Fsp3) is 0.333. The fourth-order valence-corrected chi connectivity index (χ4v) is 3.04. The van der Waals surface area contributed by atoms with Crippen molar-refractivity contribution in [3.8, 4) is 11.1 Å². The first-order chi connectivity index (χ1) is 14.4. The summed E-state index contributed by atoms with van der Waals surface area (Å²) in [6.45, 7) is 5.65. The van der Waals surface area contributed by atoms with Crippen LogP contribution in [0.2, 0.25) is 0 Å². The number of nitrogen functional groups attached to an aromatic ring is 1. The van der Waals surface area contributed by atoms with E-state index in [-0.39, 0.29) is 23.3 Å². The van der Waals surface area contributed by atoms with Crippen LogP contribution < -0.4 is 11.6 Å². The molecule has 0 atom stereocenters. The minimum Gasteiger partial charge on any atom is -0.383 e. The number of hydrogen-bond acceptors (Lipinski definition) is 7. The number of benzene rings is 1. The lowest BCUT2D eigenvalue weighted by molar-refractivity contribution is 0.0300. The van der Waals surface area contributed by atoms with E-state index in [9.17, 15) is 9.18 Å². The van der Waals surface area contributed by atoms with Crippen molar-refractivity contribution in [2.45, 2.75) is 19.9 Å². The summed E-state index contributed by atoms with van der Waals surface area (Å²) in [4.78, 5) is 22.6. The summed E-state index contributed by atoms with van der Waals surface area (Å²) in [6.07, 6.45) is 3.07. The molecule has 1 aliphatic rings. The van der Waals surface area contributed by atoms with E-state index in [0.29, 0.717) is 48.7 Å². The lowest BCUT2D eigenvalue weighted by atomic mass is 10.0. The van der Waals surface area contributed by atoms with Crippen LogP contribution >= 0.6 is 0 Å². The molecule has 1 saturated heterocycles. The second kappa shape index (κ2) is 9.45. The van der Waals surface area contributed by atoms with Crippen molar-refractivity contribution >= 4 is 23.7 Å². The van der Waals surface area contributed by atoms with Crippen LogP contribution in [0.25, 0.3) is 11.1 Å². The molecule has 0 radical (unpaired) electrons. The van der Waals surface area contributed by atoms with E-state index >= 15 is 0 Å². The summed E-state index contributed by atoms with van der Waals surface area (Å²) >= 11 is 0. The van der Waals surface area contributed by atoms with Gasteiger partial charge >= 0.3 is 0 Å². The predicted molar refractivity (Wildman–Crippen MR) is 115 cm³/mol. The number of hydrazone groups is 1. The molecular weight excluding hydrogens is 387 g/mol. The first kappa shape index (κ1) is 21.4. The summed E-state index contributed by atoms with van der Waals surface area (Å²) in [5.41, 5.74) is 8.04. The van der Waals surface area contributed by atoms with E-state index in [1.165, 1.54) is 24.5 Å². The average Bonchev–Trinajstić information content (AvgIpc) is 2.75. The van der Waals surface area contributed by atoms with Crippen LogP contribution in [-0.4, -0.2) is 60.1 Å². The number of hydrogen-bond donors (Lipinski definition) is 2. The number of morpholine rings is 1. The largest absolute Gasteiger partial charge is 0.383 e. The van der Waals surface area contributed by atoms with Crippen LogP contribution in [0.1, 0.15) is 29.8 Å². The van der Waals surface area contributed by atoms with E-state index in [0.717, 1.165) is 0 Å². The lowest BCUT2D eigenvalue weighted by Gasteiger charge is -2.27. The number of carbonyl (C=O) groups is 1. The number of pyridine rings is 1. The smallest absolute Gasteiger partial charge is 0.256 e. The Morgan fingerprint density at radius 2 is 1.97 bits per heavy atom. The van der Waals surface area contributed by atoms with Crippen molar-refractivity contribution in [3.05, 3.63) is 47.4 Å². The molecule has 1 aromatic carbocycles. The monoisotopic (exact) mass is 412 g/mol. The van der Waals surface area contributed by atoms with E-state index in [2.05, 4.69) is 15.1 Å². The Balaban J connectivity index is 1.91. The van der Waals surface area contributed by atoms with Gasteiger partial charge in [0.2, 0.25) is 0 Å². The summed E-state index contributed by atoms with van der Waals surface area (Å²) in [5, 5.41) is 3.75. The first-order valence-electron chi connectivity index (χ1n) is 9.64.